The number of alkyl halides is 1. The van der Waals surface area contributed by atoms with Gasteiger partial charge in [-0.2, -0.15) is 0 Å². The van der Waals surface area contributed by atoms with Crippen LogP contribution in [0.3, 0.4) is 0 Å². The van der Waals surface area contributed by atoms with Gasteiger partial charge in [-0.3, -0.25) is 0 Å². The molecule has 0 unspecified atom stereocenters. The molecule has 1 aromatic rings. The lowest BCUT2D eigenvalue weighted by molar-refractivity contribution is 0.904. The maximum Gasteiger partial charge on any atom is 0.185 e. The van der Waals surface area contributed by atoms with E-state index in [9.17, 15) is 0 Å². The summed E-state index contributed by atoms with van der Waals surface area (Å²) in [7, 11) is 2.11. The summed E-state index contributed by atoms with van der Waals surface area (Å²) in [5, 5.41) is 3.13. The predicted molar refractivity (Wildman–Crippen MR) is 53.1 cm³/mol. The first-order chi connectivity index (χ1) is 5.81. The van der Waals surface area contributed by atoms with Crippen LogP contribution < -0.4 is 4.90 Å². The highest BCUT2D eigenvalue weighted by Crippen LogP contribution is 2.31. The summed E-state index contributed by atoms with van der Waals surface area (Å²) in [5.41, 5.74) is 0.990. The van der Waals surface area contributed by atoms with Gasteiger partial charge in [0.15, 0.2) is 5.13 Å². The fourth-order valence-electron chi connectivity index (χ4n) is 1.14. The molecule has 1 fully saturated rings. The van der Waals surface area contributed by atoms with Gasteiger partial charge < -0.3 is 4.90 Å². The fourth-order valence-corrected chi connectivity index (χ4v) is 2.23. The molecule has 66 valence electrons. The van der Waals surface area contributed by atoms with Gasteiger partial charge in [-0.25, -0.2) is 4.98 Å². The number of aromatic nitrogens is 1. The highest BCUT2D eigenvalue weighted by Gasteiger charge is 2.27. The van der Waals surface area contributed by atoms with Crippen molar-refractivity contribution >= 4 is 28.1 Å². The van der Waals surface area contributed by atoms with Gasteiger partial charge in [-0.05, 0) is 12.8 Å². The highest BCUT2D eigenvalue weighted by atomic mass is 35.5. The Morgan fingerprint density at radius 1 is 1.75 bits per heavy atom. The minimum atomic E-state index is 0.523. The van der Waals surface area contributed by atoms with E-state index in [1.165, 1.54) is 12.8 Å². The van der Waals surface area contributed by atoms with Gasteiger partial charge >= 0.3 is 0 Å². The molecule has 1 aliphatic rings. The molecule has 12 heavy (non-hydrogen) atoms. The zero-order valence-electron chi connectivity index (χ0n) is 6.96. The Morgan fingerprint density at radius 2 is 2.50 bits per heavy atom. The van der Waals surface area contributed by atoms with E-state index in [1.807, 2.05) is 5.38 Å². The topological polar surface area (TPSA) is 16.1 Å². The van der Waals surface area contributed by atoms with Crippen LogP contribution in [0.25, 0.3) is 0 Å². The molecule has 2 rings (SSSR count). The first-order valence-corrected chi connectivity index (χ1v) is 5.46. The molecule has 0 N–H and O–H groups in total. The van der Waals surface area contributed by atoms with Crippen molar-refractivity contribution < 1.29 is 0 Å². The van der Waals surface area contributed by atoms with Crippen LogP contribution in [-0.4, -0.2) is 18.1 Å². The van der Waals surface area contributed by atoms with E-state index < -0.39 is 0 Å². The standard InChI is InChI=1S/C8H11ClN2S/c1-11(7-2-3-7)8-10-6(4-9)5-12-8/h5,7H,2-4H2,1H3. The summed E-state index contributed by atoms with van der Waals surface area (Å²) in [6.45, 7) is 0. The Labute approximate surface area is 81.2 Å². The first-order valence-electron chi connectivity index (χ1n) is 4.04. The number of anilines is 1. The van der Waals surface area contributed by atoms with Crippen molar-refractivity contribution in [3.63, 3.8) is 0 Å². The number of thiazole rings is 1. The molecule has 2 nitrogen and oxygen atoms in total. The van der Waals surface area contributed by atoms with E-state index in [-0.39, 0.29) is 0 Å². The van der Waals surface area contributed by atoms with Crippen LogP contribution in [0.5, 0.6) is 0 Å². The summed E-state index contributed by atoms with van der Waals surface area (Å²) in [4.78, 5) is 6.65. The number of halogens is 1. The van der Waals surface area contributed by atoms with Gasteiger partial charge in [0.1, 0.15) is 0 Å². The molecule has 0 aliphatic heterocycles. The summed E-state index contributed by atoms with van der Waals surface area (Å²) in [5.74, 6) is 0.523. The number of nitrogens with zero attached hydrogens (tertiary/aromatic N) is 2. The minimum Gasteiger partial charge on any atom is -0.348 e. The van der Waals surface area contributed by atoms with Crippen LogP contribution in [0.4, 0.5) is 5.13 Å². The minimum absolute atomic E-state index is 0.523. The van der Waals surface area contributed by atoms with Gasteiger partial charge in [0.2, 0.25) is 0 Å². The van der Waals surface area contributed by atoms with Crippen molar-refractivity contribution in [2.75, 3.05) is 11.9 Å². The second-order valence-corrected chi connectivity index (χ2v) is 4.20. The molecular formula is C8H11ClN2S. The highest BCUT2D eigenvalue weighted by molar-refractivity contribution is 7.13. The predicted octanol–water partition coefficient (Wildman–Crippen LogP) is 2.48. The zero-order valence-corrected chi connectivity index (χ0v) is 8.53. The first kappa shape index (κ1) is 8.32. The molecule has 0 saturated heterocycles. The van der Waals surface area contributed by atoms with E-state index in [1.54, 1.807) is 11.3 Å². The zero-order chi connectivity index (χ0) is 8.55. The van der Waals surface area contributed by atoms with Crippen LogP contribution in [-0.2, 0) is 5.88 Å². The van der Waals surface area contributed by atoms with Crippen LogP contribution >= 0.6 is 22.9 Å². The quantitative estimate of drug-likeness (QED) is 0.701. The van der Waals surface area contributed by atoms with Crippen molar-refractivity contribution in [3.05, 3.63) is 11.1 Å². The van der Waals surface area contributed by atoms with Gasteiger partial charge in [0.05, 0.1) is 11.6 Å². The van der Waals surface area contributed by atoms with Gasteiger partial charge in [0, 0.05) is 18.5 Å². The molecule has 0 amide bonds. The molecule has 0 radical (unpaired) electrons. The number of rotatable bonds is 3. The maximum absolute atomic E-state index is 5.67. The molecule has 0 atom stereocenters. The molecule has 0 bridgehead atoms. The molecule has 0 aromatic carbocycles. The molecule has 1 heterocycles. The lowest BCUT2D eigenvalue weighted by Crippen LogP contribution is -2.18. The Hall–Kier alpha value is -0.280. The molecular weight excluding hydrogens is 192 g/mol. The molecule has 0 spiro atoms. The summed E-state index contributed by atoms with van der Waals surface area (Å²) >= 11 is 7.35. The Morgan fingerprint density at radius 3 is 3.00 bits per heavy atom. The monoisotopic (exact) mass is 202 g/mol. The van der Waals surface area contributed by atoms with Crippen molar-refractivity contribution in [3.8, 4) is 0 Å². The second-order valence-electron chi connectivity index (χ2n) is 3.10. The Balaban J connectivity index is 2.10. The maximum atomic E-state index is 5.67. The smallest absolute Gasteiger partial charge is 0.185 e. The summed E-state index contributed by atoms with van der Waals surface area (Å²) in [6.07, 6.45) is 2.62. The summed E-state index contributed by atoms with van der Waals surface area (Å²) < 4.78 is 0. The fraction of sp³-hybridized carbons (Fsp3) is 0.625. The average Bonchev–Trinajstić information content (AvgIpc) is 2.82. The van der Waals surface area contributed by atoms with Crippen molar-refractivity contribution in [2.45, 2.75) is 24.8 Å². The van der Waals surface area contributed by atoms with Gasteiger partial charge in [0.25, 0.3) is 0 Å². The average molecular weight is 203 g/mol. The molecule has 4 heteroatoms. The van der Waals surface area contributed by atoms with Crippen molar-refractivity contribution in [1.82, 2.24) is 4.98 Å². The van der Waals surface area contributed by atoms with Crippen LogP contribution in [0, 0.1) is 0 Å². The largest absolute Gasteiger partial charge is 0.348 e. The third-order valence-corrected chi connectivity index (χ3v) is 3.33. The van der Waals surface area contributed by atoms with E-state index in [0.29, 0.717) is 5.88 Å². The van der Waals surface area contributed by atoms with Crippen LogP contribution in [0.2, 0.25) is 0 Å². The molecule has 1 saturated carbocycles. The number of hydrogen-bond donors (Lipinski definition) is 0. The summed E-state index contributed by atoms with van der Waals surface area (Å²) in [6, 6.07) is 0.735. The SMILES string of the molecule is CN(c1nc(CCl)cs1)C1CC1. The van der Waals surface area contributed by atoms with Gasteiger partial charge in [-0.15, -0.1) is 22.9 Å². The lowest BCUT2D eigenvalue weighted by Gasteiger charge is -2.13. The second kappa shape index (κ2) is 3.23. The third kappa shape index (κ3) is 1.57. The molecule has 1 aromatic heterocycles. The lowest BCUT2D eigenvalue weighted by atomic mass is 10.6. The number of hydrogen-bond acceptors (Lipinski definition) is 3. The normalized spacial score (nSPS) is 16.5. The van der Waals surface area contributed by atoms with Crippen molar-refractivity contribution in [1.29, 1.82) is 0 Å². The van der Waals surface area contributed by atoms with E-state index in [2.05, 4.69) is 16.9 Å². The van der Waals surface area contributed by atoms with Crippen LogP contribution in [0.1, 0.15) is 18.5 Å². The Kier molecular flexibility index (Phi) is 2.24. The van der Waals surface area contributed by atoms with Crippen molar-refractivity contribution in [2.24, 2.45) is 0 Å². The van der Waals surface area contributed by atoms with Gasteiger partial charge in [-0.1, -0.05) is 0 Å². The third-order valence-electron chi connectivity index (χ3n) is 2.07. The van der Waals surface area contributed by atoms with E-state index in [0.717, 1.165) is 16.9 Å². The van der Waals surface area contributed by atoms with E-state index in [4.69, 9.17) is 11.6 Å². The molecule has 1 aliphatic carbocycles. The Bertz CT molecular complexity index is 270. The van der Waals surface area contributed by atoms with E-state index >= 15 is 0 Å². The van der Waals surface area contributed by atoms with Crippen LogP contribution in [0.15, 0.2) is 5.38 Å².